The second-order valence-electron chi connectivity index (χ2n) is 28.2. The van der Waals surface area contributed by atoms with Crippen molar-refractivity contribution < 1.29 is 66.7 Å². The summed E-state index contributed by atoms with van der Waals surface area (Å²) in [5, 5.41) is 7.80. The van der Waals surface area contributed by atoms with Gasteiger partial charge in [0.1, 0.15) is 39.6 Å². The molecule has 26 heteroatoms. The van der Waals surface area contributed by atoms with Crippen molar-refractivity contribution in [2.75, 3.05) is 120 Å². The summed E-state index contributed by atoms with van der Waals surface area (Å²) in [4.78, 5) is 113. The van der Waals surface area contributed by atoms with E-state index < -0.39 is 28.7 Å². The van der Waals surface area contributed by atoms with Crippen LogP contribution in [0.4, 0.5) is 31.4 Å². The summed E-state index contributed by atoms with van der Waals surface area (Å²) in [6, 6.07) is 27.1. The van der Waals surface area contributed by atoms with Gasteiger partial charge in [0.05, 0.1) is 36.6 Å². The minimum absolute atomic E-state index is 0.247. The summed E-state index contributed by atoms with van der Waals surface area (Å²) >= 11 is 7.08. The molecule has 554 valence electrons. The van der Waals surface area contributed by atoms with E-state index in [1.54, 1.807) is 79.2 Å². The highest BCUT2D eigenvalue weighted by Gasteiger charge is 2.34. The maximum atomic E-state index is 12.4. The molecule has 1 saturated carbocycles. The fourth-order valence-electron chi connectivity index (χ4n) is 11.8. The van der Waals surface area contributed by atoms with Crippen LogP contribution in [0.15, 0.2) is 119 Å². The topological polar surface area (TPSA) is 255 Å². The number of nitrogens with zero attached hydrogens (tertiary/aromatic N) is 10. The molecule has 0 spiro atoms. The van der Waals surface area contributed by atoms with Crippen LogP contribution in [-0.2, 0) is 33.2 Å². The summed E-state index contributed by atoms with van der Waals surface area (Å²) in [6.45, 7) is 33.4. The zero-order valence-electron chi connectivity index (χ0n) is 61.6. The normalized spacial score (nSPS) is 14.8. The third-order valence-corrected chi connectivity index (χ3v) is 18.2. The van der Waals surface area contributed by atoms with Gasteiger partial charge in [-0.15, -0.1) is 0 Å². The number of esters is 4. The molecule has 1 aliphatic carbocycles. The Kier molecular flexibility index (Phi) is 26.4. The Morgan fingerprint density at radius 2 is 0.721 bits per heavy atom. The number of hydrogen-bond acceptors (Lipinski definition) is 21. The number of hydrogen-bond donors (Lipinski definition) is 0. The van der Waals surface area contributed by atoms with Crippen molar-refractivity contribution in [1.29, 1.82) is 0 Å². The molecule has 4 fully saturated rings. The molecule has 4 aliphatic rings. The maximum Gasteiger partial charge on any atom is 0.410 e. The van der Waals surface area contributed by atoms with Crippen molar-refractivity contribution in [3.05, 3.63) is 147 Å². The first-order chi connectivity index (χ1) is 49.4. The minimum atomic E-state index is -0.495. The first-order valence-corrected chi connectivity index (χ1v) is 36.8. The van der Waals surface area contributed by atoms with Crippen molar-refractivity contribution >= 4 is 134 Å². The molecule has 4 aromatic carbocycles. The molecule has 3 amide bonds. The molecule has 3 saturated heterocycles. The number of ether oxygens (including phenoxy) is 7. The SMILES string of the molecule is CCOC(=O)c1cc2ccc(Br)cc2cn1.CCOC(=O)c1cc2ccc(N3CCN(C(=O)OC(C)(C)C)CC3)c(Br)c2cn1.CCOC(=O)c1cc2ccc(N3CCN(C(=O)OC(C)(C)C)CC3)c(C3CC3)c2cn1.CCOC(=O)c1cc2ccc(N3CCN(C(=O)OC(C)(C)C)CC3)cc2cn1. The number of carbonyl (C=O) groups excluding carboxylic acids is 7. The molecule has 24 nitrogen and oxygen atoms in total. The van der Waals surface area contributed by atoms with Gasteiger partial charge in [0, 0.05) is 141 Å². The van der Waals surface area contributed by atoms with Crippen molar-refractivity contribution in [2.24, 2.45) is 0 Å². The quantitative estimate of drug-likeness (QED) is 0.0813. The molecular weight excluding hydrogens is 1460 g/mol. The lowest BCUT2D eigenvalue weighted by Gasteiger charge is -2.37. The number of fused-ring (bicyclic) bond motifs is 4. The number of pyridine rings is 4. The van der Waals surface area contributed by atoms with Gasteiger partial charge in [-0.3, -0.25) is 0 Å². The van der Waals surface area contributed by atoms with Crippen LogP contribution in [0.5, 0.6) is 0 Å². The molecule has 104 heavy (non-hydrogen) atoms. The molecule has 8 aromatic rings. The minimum Gasteiger partial charge on any atom is -0.461 e. The van der Waals surface area contributed by atoms with Crippen LogP contribution in [0.25, 0.3) is 43.1 Å². The highest BCUT2D eigenvalue weighted by atomic mass is 79.9. The molecule has 0 unspecified atom stereocenters. The van der Waals surface area contributed by atoms with Crippen LogP contribution in [0.2, 0.25) is 0 Å². The second-order valence-corrected chi connectivity index (χ2v) is 29.9. The van der Waals surface area contributed by atoms with Gasteiger partial charge in [0.25, 0.3) is 0 Å². The number of anilines is 3. The van der Waals surface area contributed by atoms with Crippen molar-refractivity contribution in [2.45, 2.75) is 126 Å². The van der Waals surface area contributed by atoms with Crippen LogP contribution in [0.1, 0.15) is 156 Å². The molecule has 4 aromatic heterocycles. The monoisotopic (exact) mass is 1550 g/mol. The largest absolute Gasteiger partial charge is 0.461 e. The molecule has 12 rings (SSSR count). The van der Waals surface area contributed by atoms with Gasteiger partial charge < -0.3 is 62.6 Å². The van der Waals surface area contributed by atoms with E-state index in [0.717, 1.165) is 89.6 Å². The third-order valence-electron chi connectivity index (χ3n) is 16.9. The van der Waals surface area contributed by atoms with Gasteiger partial charge in [-0.2, -0.15) is 0 Å². The maximum absolute atomic E-state index is 12.4. The molecule has 0 radical (unpaired) electrons. The summed E-state index contributed by atoms with van der Waals surface area (Å²) in [6.07, 6.45) is 8.43. The van der Waals surface area contributed by atoms with Crippen molar-refractivity contribution in [3.63, 3.8) is 0 Å². The van der Waals surface area contributed by atoms with E-state index in [4.69, 9.17) is 33.2 Å². The number of benzene rings is 4. The molecule has 0 bridgehead atoms. The van der Waals surface area contributed by atoms with Gasteiger partial charge in [0.2, 0.25) is 0 Å². The van der Waals surface area contributed by atoms with Gasteiger partial charge in [0.15, 0.2) is 0 Å². The number of piperazine rings is 3. The Morgan fingerprint density at radius 3 is 1.12 bits per heavy atom. The van der Waals surface area contributed by atoms with Gasteiger partial charge >= 0.3 is 42.2 Å². The highest BCUT2D eigenvalue weighted by molar-refractivity contribution is 9.11. The van der Waals surface area contributed by atoms with E-state index in [-0.39, 0.29) is 30.2 Å². The Bertz CT molecular complexity index is 4420. The number of rotatable bonds is 12. The van der Waals surface area contributed by atoms with E-state index in [0.29, 0.717) is 107 Å². The van der Waals surface area contributed by atoms with E-state index in [1.165, 1.54) is 24.1 Å². The first kappa shape index (κ1) is 78.7. The predicted molar refractivity (Wildman–Crippen MR) is 408 cm³/mol. The van der Waals surface area contributed by atoms with E-state index in [9.17, 15) is 33.6 Å². The van der Waals surface area contributed by atoms with E-state index >= 15 is 0 Å². The molecule has 0 atom stereocenters. The average Bonchev–Trinajstić information content (AvgIpc) is 1.46. The smallest absolute Gasteiger partial charge is 0.410 e. The van der Waals surface area contributed by atoms with Crippen molar-refractivity contribution in [1.82, 2.24) is 34.6 Å². The van der Waals surface area contributed by atoms with Gasteiger partial charge in [-0.05, 0) is 212 Å². The van der Waals surface area contributed by atoms with Crippen LogP contribution in [-0.4, -0.2) is 199 Å². The summed E-state index contributed by atoms with van der Waals surface area (Å²) in [5.41, 5.74) is 4.46. The van der Waals surface area contributed by atoms with E-state index in [2.05, 4.69) is 84.7 Å². The van der Waals surface area contributed by atoms with E-state index in [1.807, 2.05) is 117 Å². The third kappa shape index (κ3) is 21.4. The lowest BCUT2D eigenvalue weighted by atomic mass is 9.98. The first-order valence-electron chi connectivity index (χ1n) is 35.3. The zero-order valence-corrected chi connectivity index (χ0v) is 64.8. The van der Waals surface area contributed by atoms with Crippen molar-refractivity contribution in [3.8, 4) is 0 Å². The molecule has 7 heterocycles. The van der Waals surface area contributed by atoms with Crippen LogP contribution in [0, 0.1) is 0 Å². The Hall–Kier alpha value is -9.43. The predicted octanol–water partition coefficient (Wildman–Crippen LogP) is 15.2. The number of amides is 3. The number of carbonyl (C=O) groups is 7. The zero-order chi connectivity index (χ0) is 75.2. The Morgan fingerprint density at radius 1 is 0.385 bits per heavy atom. The molecule has 3 aliphatic heterocycles. The summed E-state index contributed by atoms with van der Waals surface area (Å²) < 4.78 is 38.3. The Balaban J connectivity index is 0.000000164. The van der Waals surface area contributed by atoms with Crippen LogP contribution < -0.4 is 14.7 Å². The summed E-state index contributed by atoms with van der Waals surface area (Å²) in [7, 11) is 0. The molecular formula is C78H94Br2N10O14. The fraction of sp³-hybridized carbons (Fsp3) is 0.449. The molecule has 0 N–H and O–H groups in total. The average molecular weight is 1560 g/mol. The van der Waals surface area contributed by atoms with Crippen LogP contribution in [0.3, 0.4) is 0 Å². The standard InChI is InChI=1S/C24H31N3O4.C21H26BrN3O4.C21H27N3O4.C12H10BrNO2/c1-5-30-22(28)19-14-17-8-9-20(21(16-6-7-16)18(17)15-25-19)26-10-12-27(13-11-26)23(29)31-24(2,3)4;1-5-28-19(26)16-12-14-6-7-17(18(22)15(14)13-23-16)24-8-10-25(11-9-24)20(27)29-21(2,3)4;1-5-27-19(25)18-13-15-6-7-17(12-16(15)14-22-18)23-8-10-24(11-9-23)20(26)28-21(2,3)4;1-2-16-12(15)11-6-8-3-4-10(13)5-9(8)7-14-11/h8-9,14-16H,5-7,10-13H2,1-4H3;6-7,12-13H,5,8-11H2,1-4H3;6-7,12-14H,5,8-11H2,1-4H3;3-7H,2H2,1H3. The number of halogens is 2. The lowest BCUT2D eigenvalue weighted by Crippen LogP contribution is -2.50. The summed E-state index contributed by atoms with van der Waals surface area (Å²) in [5.74, 6) is -1.08. The fourth-order valence-corrected chi connectivity index (χ4v) is 12.9. The number of aromatic nitrogens is 4. The highest BCUT2D eigenvalue weighted by Crippen LogP contribution is 2.48. The Labute approximate surface area is 624 Å². The van der Waals surface area contributed by atoms with Crippen LogP contribution >= 0.6 is 31.9 Å². The second kappa shape index (κ2) is 34.9. The van der Waals surface area contributed by atoms with Gasteiger partial charge in [-0.25, -0.2) is 53.5 Å². The van der Waals surface area contributed by atoms with Gasteiger partial charge in [-0.1, -0.05) is 40.2 Å². The lowest BCUT2D eigenvalue weighted by molar-refractivity contribution is 0.0230.